The highest BCUT2D eigenvalue weighted by atomic mass is 35.5. The fourth-order valence-electron chi connectivity index (χ4n) is 1.21. The summed E-state index contributed by atoms with van der Waals surface area (Å²) in [5.41, 5.74) is 0.745. The molecule has 4 heteroatoms. The second-order valence-corrected chi connectivity index (χ2v) is 3.66. The molecular weight excluding hydrogens is 214 g/mol. The Morgan fingerprint density at radius 2 is 2.07 bits per heavy atom. The van der Waals surface area contributed by atoms with Crippen molar-refractivity contribution < 1.29 is 9.90 Å². The number of rotatable bonds is 6. The summed E-state index contributed by atoms with van der Waals surface area (Å²) < 4.78 is 0. The molecule has 0 aromatic heterocycles. The van der Waals surface area contributed by atoms with Crippen LogP contribution >= 0.6 is 11.6 Å². The van der Waals surface area contributed by atoms with E-state index in [2.05, 4.69) is 5.32 Å². The quantitative estimate of drug-likeness (QED) is 0.446. The van der Waals surface area contributed by atoms with Crippen molar-refractivity contribution >= 4 is 17.6 Å². The predicted molar refractivity (Wildman–Crippen MR) is 59.9 cm³/mol. The standard InChI is InChI=1S/C11H14ClNO2/c12-11(9-5-2-1-3-6-9)13-8-4-7-10(14)15/h1-3,5-6,11,13H,4,7-8H2,(H,14,15). The second kappa shape index (κ2) is 6.43. The highest BCUT2D eigenvalue weighted by Crippen LogP contribution is 2.16. The molecule has 1 unspecified atom stereocenters. The Kier molecular flexibility index (Phi) is 5.15. The molecule has 0 aliphatic carbocycles. The summed E-state index contributed by atoms with van der Waals surface area (Å²) in [6.07, 6.45) is 0.761. The van der Waals surface area contributed by atoms with E-state index in [0.717, 1.165) is 5.56 Å². The highest BCUT2D eigenvalue weighted by molar-refractivity contribution is 6.20. The van der Waals surface area contributed by atoms with Crippen molar-refractivity contribution in [2.45, 2.75) is 18.3 Å². The van der Waals surface area contributed by atoms with Crippen molar-refractivity contribution in [3.8, 4) is 0 Å². The van der Waals surface area contributed by atoms with Crippen LogP contribution in [0, 0.1) is 0 Å². The molecule has 0 fully saturated rings. The summed E-state index contributed by atoms with van der Waals surface area (Å²) in [4.78, 5) is 10.3. The first-order valence-electron chi connectivity index (χ1n) is 4.84. The minimum atomic E-state index is -0.775. The Labute approximate surface area is 94.1 Å². The molecule has 0 amide bonds. The van der Waals surface area contributed by atoms with E-state index in [-0.39, 0.29) is 11.9 Å². The third-order valence-corrected chi connectivity index (χ3v) is 2.39. The van der Waals surface area contributed by atoms with Gasteiger partial charge < -0.3 is 5.11 Å². The SMILES string of the molecule is O=C(O)CCCNC(Cl)c1ccccc1. The smallest absolute Gasteiger partial charge is 0.303 e. The molecule has 0 saturated carbocycles. The molecule has 0 spiro atoms. The molecule has 1 aromatic carbocycles. The molecule has 1 atom stereocenters. The third-order valence-electron chi connectivity index (χ3n) is 1.98. The van der Waals surface area contributed by atoms with Crippen LogP contribution in [-0.4, -0.2) is 17.6 Å². The van der Waals surface area contributed by atoms with Gasteiger partial charge in [0.2, 0.25) is 0 Å². The first-order valence-corrected chi connectivity index (χ1v) is 5.28. The Hall–Kier alpha value is -1.06. The Morgan fingerprint density at radius 3 is 2.67 bits per heavy atom. The van der Waals surface area contributed by atoms with Crippen LogP contribution in [0.2, 0.25) is 0 Å². The van der Waals surface area contributed by atoms with Crippen molar-refractivity contribution in [1.29, 1.82) is 0 Å². The lowest BCUT2D eigenvalue weighted by molar-refractivity contribution is -0.137. The Bertz CT molecular complexity index is 303. The van der Waals surface area contributed by atoms with Crippen LogP contribution in [0.25, 0.3) is 0 Å². The summed E-state index contributed by atoms with van der Waals surface area (Å²) in [7, 11) is 0. The van der Waals surface area contributed by atoms with Gasteiger partial charge in [-0.3, -0.25) is 10.1 Å². The number of aliphatic carboxylic acids is 1. The highest BCUT2D eigenvalue weighted by Gasteiger charge is 2.05. The zero-order valence-electron chi connectivity index (χ0n) is 8.32. The van der Waals surface area contributed by atoms with E-state index in [1.165, 1.54) is 0 Å². The number of hydrogen-bond acceptors (Lipinski definition) is 2. The fourth-order valence-corrected chi connectivity index (χ4v) is 1.46. The summed E-state index contributed by atoms with van der Waals surface area (Å²) in [5, 5.41) is 11.5. The summed E-state index contributed by atoms with van der Waals surface area (Å²) in [5.74, 6) is -0.775. The first kappa shape index (κ1) is 12.0. The predicted octanol–water partition coefficient (Wildman–Crippen LogP) is 2.38. The van der Waals surface area contributed by atoms with Gasteiger partial charge in [0.1, 0.15) is 5.50 Å². The third kappa shape index (κ3) is 4.81. The molecule has 15 heavy (non-hydrogen) atoms. The van der Waals surface area contributed by atoms with E-state index in [4.69, 9.17) is 16.7 Å². The van der Waals surface area contributed by atoms with Crippen molar-refractivity contribution in [2.24, 2.45) is 0 Å². The monoisotopic (exact) mass is 227 g/mol. The van der Waals surface area contributed by atoms with Crippen LogP contribution in [-0.2, 0) is 4.79 Å². The minimum absolute atomic E-state index is 0.172. The van der Waals surface area contributed by atoms with Gasteiger partial charge in [-0.05, 0) is 18.5 Å². The average Bonchev–Trinajstić information content (AvgIpc) is 2.25. The maximum Gasteiger partial charge on any atom is 0.303 e. The summed E-state index contributed by atoms with van der Waals surface area (Å²) in [6, 6.07) is 9.63. The van der Waals surface area contributed by atoms with Crippen molar-refractivity contribution in [2.75, 3.05) is 6.54 Å². The summed E-state index contributed by atoms with van der Waals surface area (Å²) >= 11 is 6.06. The van der Waals surface area contributed by atoms with Crippen molar-refractivity contribution in [3.05, 3.63) is 35.9 Å². The second-order valence-electron chi connectivity index (χ2n) is 3.22. The van der Waals surface area contributed by atoms with Gasteiger partial charge in [0.15, 0.2) is 0 Å². The van der Waals surface area contributed by atoms with E-state index >= 15 is 0 Å². The number of halogens is 1. The van der Waals surface area contributed by atoms with Gasteiger partial charge in [-0.2, -0.15) is 0 Å². The zero-order valence-corrected chi connectivity index (χ0v) is 9.07. The van der Waals surface area contributed by atoms with Gasteiger partial charge in [-0.25, -0.2) is 0 Å². The molecule has 1 aromatic rings. The lowest BCUT2D eigenvalue weighted by Gasteiger charge is -2.11. The molecule has 82 valence electrons. The number of alkyl halides is 1. The molecule has 0 bridgehead atoms. The maximum absolute atomic E-state index is 10.3. The zero-order chi connectivity index (χ0) is 11.1. The summed E-state index contributed by atoms with van der Waals surface area (Å²) in [6.45, 7) is 0.607. The van der Waals surface area contributed by atoms with Crippen LogP contribution in [0.4, 0.5) is 0 Å². The van der Waals surface area contributed by atoms with Crippen LogP contribution in [0.15, 0.2) is 30.3 Å². The first-order chi connectivity index (χ1) is 7.20. The topological polar surface area (TPSA) is 49.3 Å². The number of nitrogens with one attached hydrogen (secondary N) is 1. The molecule has 1 rings (SSSR count). The van der Waals surface area contributed by atoms with Gasteiger partial charge >= 0.3 is 5.97 Å². The molecule has 0 aliphatic rings. The molecule has 0 aliphatic heterocycles. The molecular formula is C11H14ClNO2. The molecule has 0 saturated heterocycles. The largest absolute Gasteiger partial charge is 0.481 e. The van der Waals surface area contributed by atoms with E-state index < -0.39 is 5.97 Å². The van der Waals surface area contributed by atoms with Gasteiger partial charge in [-0.1, -0.05) is 30.3 Å². The van der Waals surface area contributed by atoms with Crippen LogP contribution in [0.3, 0.4) is 0 Å². The van der Waals surface area contributed by atoms with E-state index in [1.54, 1.807) is 0 Å². The number of carboxylic acid groups (broad SMARTS) is 1. The lowest BCUT2D eigenvalue weighted by Crippen LogP contribution is -2.18. The molecule has 0 radical (unpaired) electrons. The van der Waals surface area contributed by atoms with Crippen LogP contribution in [0.5, 0.6) is 0 Å². The van der Waals surface area contributed by atoms with Gasteiger partial charge in [0.05, 0.1) is 0 Å². The molecule has 3 nitrogen and oxygen atoms in total. The van der Waals surface area contributed by atoms with Crippen molar-refractivity contribution in [3.63, 3.8) is 0 Å². The van der Waals surface area contributed by atoms with Crippen LogP contribution < -0.4 is 5.32 Å². The van der Waals surface area contributed by atoms with Crippen molar-refractivity contribution in [1.82, 2.24) is 5.32 Å². The number of carbonyl (C=O) groups is 1. The van der Waals surface area contributed by atoms with E-state index in [0.29, 0.717) is 13.0 Å². The van der Waals surface area contributed by atoms with E-state index in [1.807, 2.05) is 30.3 Å². The number of benzene rings is 1. The number of hydrogen-bond donors (Lipinski definition) is 2. The van der Waals surface area contributed by atoms with Gasteiger partial charge in [0, 0.05) is 6.42 Å². The minimum Gasteiger partial charge on any atom is -0.481 e. The normalized spacial score (nSPS) is 12.3. The fraction of sp³-hybridized carbons (Fsp3) is 0.364. The Balaban J connectivity index is 2.25. The van der Waals surface area contributed by atoms with E-state index in [9.17, 15) is 4.79 Å². The Morgan fingerprint density at radius 1 is 1.40 bits per heavy atom. The molecule has 0 heterocycles. The molecule has 2 N–H and O–H groups in total. The maximum atomic E-state index is 10.3. The van der Waals surface area contributed by atoms with Crippen LogP contribution in [0.1, 0.15) is 23.9 Å². The lowest BCUT2D eigenvalue weighted by atomic mass is 10.2. The average molecular weight is 228 g/mol. The number of carboxylic acids is 1. The van der Waals surface area contributed by atoms with Gasteiger partial charge in [-0.15, -0.1) is 11.6 Å². The van der Waals surface area contributed by atoms with Gasteiger partial charge in [0.25, 0.3) is 0 Å².